The predicted octanol–water partition coefficient (Wildman–Crippen LogP) is 2.30. The van der Waals surface area contributed by atoms with Crippen molar-refractivity contribution in [3.05, 3.63) is 21.6 Å². The van der Waals surface area contributed by atoms with E-state index in [1.165, 1.54) is 0 Å². The maximum Gasteiger partial charge on any atom is 0.267 e. The summed E-state index contributed by atoms with van der Waals surface area (Å²) in [6.45, 7) is 12.5. The van der Waals surface area contributed by atoms with Gasteiger partial charge in [0.25, 0.3) is 5.56 Å². The van der Waals surface area contributed by atoms with E-state index in [0.29, 0.717) is 0 Å². The Morgan fingerprint density at radius 3 is 1.64 bits per heavy atom. The van der Waals surface area contributed by atoms with Crippen molar-refractivity contribution in [2.24, 2.45) is 0 Å². The molecular weight excluding hydrogens is 176 g/mol. The van der Waals surface area contributed by atoms with Crippen LogP contribution in [-0.4, -0.2) is 10.2 Å². The highest BCUT2D eigenvalue weighted by atomic mass is 16.1. The van der Waals surface area contributed by atoms with E-state index >= 15 is 0 Å². The Balaban J connectivity index is 3.43. The molecule has 2 N–H and O–H groups in total. The Morgan fingerprint density at radius 1 is 0.857 bits per heavy atom. The second-order valence-corrected chi connectivity index (χ2v) is 5.83. The van der Waals surface area contributed by atoms with Crippen molar-refractivity contribution in [2.45, 2.75) is 52.4 Å². The minimum atomic E-state index is -0.115. The number of aromatic amines is 2. The van der Waals surface area contributed by atoms with Crippen LogP contribution in [0.15, 0.2) is 4.79 Å². The SMILES string of the molecule is CC(C)(C)c1[nH][nH]c(=O)c1C(C)(C)C. The van der Waals surface area contributed by atoms with Crippen LogP contribution in [0, 0.1) is 0 Å². The third kappa shape index (κ3) is 1.91. The molecule has 0 amide bonds. The third-order valence-electron chi connectivity index (χ3n) is 2.28. The van der Waals surface area contributed by atoms with Crippen molar-refractivity contribution >= 4 is 0 Å². The van der Waals surface area contributed by atoms with Crippen molar-refractivity contribution in [2.75, 3.05) is 0 Å². The van der Waals surface area contributed by atoms with Gasteiger partial charge in [0.05, 0.1) is 0 Å². The van der Waals surface area contributed by atoms with E-state index in [1.807, 2.05) is 0 Å². The van der Waals surface area contributed by atoms with Gasteiger partial charge < -0.3 is 5.10 Å². The third-order valence-corrected chi connectivity index (χ3v) is 2.28. The first-order chi connectivity index (χ1) is 6.14. The van der Waals surface area contributed by atoms with Crippen molar-refractivity contribution in [3.8, 4) is 0 Å². The van der Waals surface area contributed by atoms with E-state index in [2.05, 4.69) is 51.7 Å². The van der Waals surface area contributed by atoms with E-state index < -0.39 is 0 Å². The quantitative estimate of drug-likeness (QED) is 0.657. The van der Waals surface area contributed by atoms with Gasteiger partial charge in [-0.1, -0.05) is 41.5 Å². The van der Waals surface area contributed by atoms with Gasteiger partial charge in [0.1, 0.15) is 0 Å². The lowest BCUT2D eigenvalue weighted by molar-refractivity contribution is 0.519. The highest BCUT2D eigenvalue weighted by molar-refractivity contribution is 5.29. The largest absolute Gasteiger partial charge is 0.301 e. The van der Waals surface area contributed by atoms with E-state index in [9.17, 15) is 4.79 Å². The van der Waals surface area contributed by atoms with Gasteiger partial charge in [-0.3, -0.25) is 9.89 Å². The average Bonchev–Trinajstić information content (AvgIpc) is 2.27. The second kappa shape index (κ2) is 3.01. The molecule has 0 aliphatic heterocycles. The molecule has 1 heterocycles. The summed E-state index contributed by atoms with van der Waals surface area (Å²) in [5.74, 6) is 0. The lowest BCUT2D eigenvalue weighted by Crippen LogP contribution is -2.26. The van der Waals surface area contributed by atoms with Crippen LogP contribution in [-0.2, 0) is 10.8 Å². The van der Waals surface area contributed by atoms with E-state index in [4.69, 9.17) is 0 Å². The number of hydrogen-bond donors (Lipinski definition) is 2. The van der Waals surface area contributed by atoms with Crippen molar-refractivity contribution in [3.63, 3.8) is 0 Å². The molecular formula is C11H20N2O. The molecule has 0 aliphatic rings. The molecule has 0 fully saturated rings. The van der Waals surface area contributed by atoms with Crippen LogP contribution in [0.25, 0.3) is 0 Å². The predicted molar refractivity (Wildman–Crippen MR) is 58.8 cm³/mol. The summed E-state index contributed by atoms with van der Waals surface area (Å²) in [4.78, 5) is 11.6. The van der Waals surface area contributed by atoms with E-state index in [-0.39, 0.29) is 16.4 Å². The van der Waals surface area contributed by atoms with Gasteiger partial charge in [0.15, 0.2) is 0 Å². The molecule has 0 unspecified atom stereocenters. The van der Waals surface area contributed by atoms with Crippen LogP contribution >= 0.6 is 0 Å². The Bertz CT molecular complexity index is 371. The van der Waals surface area contributed by atoms with Crippen LogP contribution in [0.2, 0.25) is 0 Å². The number of hydrogen-bond acceptors (Lipinski definition) is 1. The first kappa shape index (κ1) is 11.1. The zero-order chi connectivity index (χ0) is 11.1. The topological polar surface area (TPSA) is 48.6 Å². The van der Waals surface area contributed by atoms with Crippen LogP contribution in [0.1, 0.15) is 52.8 Å². The van der Waals surface area contributed by atoms with Crippen LogP contribution < -0.4 is 5.56 Å². The van der Waals surface area contributed by atoms with E-state index in [0.717, 1.165) is 11.3 Å². The lowest BCUT2D eigenvalue weighted by Gasteiger charge is -2.24. The van der Waals surface area contributed by atoms with Crippen molar-refractivity contribution in [1.82, 2.24) is 10.2 Å². The summed E-state index contributed by atoms with van der Waals surface area (Å²) >= 11 is 0. The minimum Gasteiger partial charge on any atom is -0.301 e. The van der Waals surface area contributed by atoms with Crippen LogP contribution in [0.5, 0.6) is 0 Å². The Labute approximate surface area is 84.9 Å². The van der Waals surface area contributed by atoms with Gasteiger partial charge >= 0.3 is 0 Å². The standard InChI is InChI=1S/C11H20N2O/c1-10(2,3)7-8(11(4,5)6)12-13-9(7)14/h1-6H3,(H2,12,13,14). The average molecular weight is 196 g/mol. The van der Waals surface area contributed by atoms with Crippen LogP contribution in [0.3, 0.4) is 0 Å². The maximum absolute atomic E-state index is 11.6. The highest BCUT2D eigenvalue weighted by Crippen LogP contribution is 2.29. The molecule has 3 heteroatoms. The summed E-state index contributed by atoms with van der Waals surface area (Å²) in [6, 6.07) is 0. The fourth-order valence-corrected chi connectivity index (χ4v) is 1.64. The summed E-state index contributed by atoms with van der Waals surface area (Å²) < 4.78 is 0. The van der Waals surface area contributed by atoms with Crippen LogP contribution in [0.4, 0.5) is 0 Å². The molecule has 0 aliphatic carbocycles. The molecule has 0 atom stereocenters. The molecule has 0 saturated carbocycles. The lowest BCUT2D eigenvalue weighted by atomic mass is 9.80. The zero-order valence-electron chi connectivity index (χ0n) is 9.91. The molecule has 1 aromatic heterocycles. The van der Waals surface area contributed by atoms with Gasteiger partial charge in [-0.15, -0.1) is 0 Å². The number of aromatic nitrogens is 2. The maximum atomic E-state index is 11.6. The Hall–Kier alpha value is -0.990. The van der Waals surface area contributed by atoms with Gasteiger partial charge in [-0.25, -0.2) is 0 Å². The molecule has 1 rings (SSSR count). The molecule has 0 bridgehead atoms. The molecule has 0 aromatic carbocycles. The first-order valence-electron chi connectivity index (χ1n) is 4.95. The fourth-order valence-electron chi connectivity index (χ4n) is 1.64. The second-order valence-electron chi connectivity index (χ2n) is 5.83. The summed E-state index contributed by atoms with van der Waals surface area (Å²) in [5, 5.41) is 5.65. The molecule has 0 saturated heterocycles. The number of rotatable bonds is 0. The Morgan fingerprint density at radius 2 is 1.36 bits per heavy atom. The summed E-state index contributed by atoms with van der Waals surface area (Å²) in [6.07, 6.45) is 0. The summed E-state index contributed by atoms with van der Waals surface area (Å²) in [5.41, 5.74) is 1.74. The molecule has 0 spiro atoms. The van der Waals surface area contributed by atoms with Crippen molar-refractivity contribution < 1.29 is 0 Å². The first-order valence-corrected chi connectivity index (χ1v) is 4.95. The summed E-state index contributed by atoms with van der Waals surface area (Å²) in [7, 11) is 0. The zero-order valence-corrected chi connectivity index (χ0v) is 9.91. The van der Waals surface area contributed by atoms with Gasteiger partial charge in [0, 0.05) is 16.7 Å². The van der Waals surface area contributed by atoms with Gasteiger partial charge in [-0.2, -0.15) is 0 Å². The Kier molecular flexibility index (Phi) is 2.38. The smallest absolute Gasteiger partial charge is 0.267 e. The molecule has 1 aromatic rings. The van der Waals surface area contributed by atoms with Gasteiger partial charge in [0.2, 0.25) is 0 Å². The number of nitrogens with one attached hydrogen (secondary N) is 2. The molecule has 14 heavy (non-hydrogen) atoms. The highest BCUT2D eigenvalue weighted by Gasteiger charge is 2.29. The molecule has 80 valence electrons. The van der Waals surface area contributed by atoms with Gasteiger partial charge in [-0.05, 0) is 5.41 Å². The van der Waals surface area contributed by atoms with E-state index in [1.54, 1.807) is 0 Å². The minimum absolute atomic E-state index is 0.00225. The monoisotopic (exact) mass is 196 g/mol. The van der Waals surface area contributed by atoms with Crippen molar-refractivity contribution in [1.29, 1.82) is 0 Å². The molecule has 0 radical (unpaired) electrons. The number of H-pyrrole nitrogens is 2. The molecule has 3 nitrogen and oxygen atoms in total. The fraction of sp³-hybridized carbons (Fsp3) is 0.727. The normalized spacial score (nSPS) is 13.3.